The van der Waals surface area contributed by atoms with Gasteiger partial charge < -0.3 is 10.6 Å². The Morgan fingerprint density at radius 1 is 1.10 bits per heavy atom. The largest absolute Gasteiger partial charge is 0.352 e. The highest BCUT2D eigenvalue weighted by Crippen LogP contribution is 2.14. The maximum atomic E-state index is 13.1. The highest BCUT2D eigenvalue weighted by Gasteiger charge is 2.02. The van der Waals surface area contributed by atoms with Crippen molar-refractivity contribution in [3.05, 3.63) is 70.5 Å². The summed E-state index contributed by atoms with van der Waals surface area (Å²) in [6.07, 6.45) is 0. The van der Waals surface area contributed by atoms with Gasteiger partial charge in [-0.15, -0.1) is 0 Å². The summed E-state index contributed by atoms with van der Waals surface area (Å²) in [7, 11) is 1.69. The van der Waals surface area contributed by atoms with Crippen molar-refractivity contribution in [1.29, 1.82) is 0 Å². The van der Waals surface area contributed by atoms with Crippen LogP contribution in [0, 0.1) is 5.82 Å². The first kappa shape index (κ1) is 15.3. The molecule has 110 valence electrons. The molecule has 0 spiro atoms. The van der Waals surface area contributed by atoms with Gasteiger partial charge in [0.1, 0.15) is 5.82 Å². The van der Waals surface area contributed by atoms with Crippen LogP contribution < -0.4 is 10.6 Å². The van der Waals surface area contributed by atoms with Gasteiger partial charge in [0.25, 0.3) is 0 Å². The van der Waals surface area contributed by atoms with E-state index in [2.05, 4.69) is 15.6 Å². The molecule has 2 aromatic rings. The minimum absolute atomic E-state index is 0.242. The third-order valence-electron chi connectivity index (χ3n) is 2.98. The fraction of sp³-hybridized carbons (Fsp3) is 0.188. The Bertz CT molecular complexity index is 628. The first-order chi connectivity index (χ1) is 10.2. The monoisotopic (exact) mass is 305 g/mol. The van der Waals surface area contributed by atoms with Crippen LogP contribution in [0.3, 0.4) is 0 Å². The molecule has 21 heavy (non-hydrogen) atoms. The van der Waals surface area contributed by atoms with Gasteiger partial charge in [0.2, 0.25) is 0 Å². The van der Waals surface area contributed by atoms with Gasteiger partial charge in [0, 0.05) is 25.2 Å². The number of benzene rings is 2. The van der Waals surface area contributed by atoms with E-state index in [0.29, 0.717) is 24.1 Å². The molecular weight excluding hydrogens is 289 g/mol. The van der Waals surface area contributed by atoms with Gasteiger partial charge in [-0.2, -0.15) is 0 Å². The number of hydrogen-bond donors (Lipinski definition) is 2. The van der Waals surface area contributed by atoms with E-state index in [0.717, 1.165) is 11.1 Å². The normalized spacial score (nSPS) is 11.3. The smallest absolute Gasteiger partial charge is 0.191 e. The van der Waals surface area contributed by atoms with E-state index < -0.39 is 0 Å². The Balaban J connectivity index is 1.88. The van der Waals surface area contributed by atoms with Crippen molar-refractivity contribution in [1.82, 2.24) is 10.6 Å². The number of aliphatic imine (C=N–C) groups is 1. The quantitative estimate of drug-likeness (QED) is 0.671. The molecule has 0 unspecified atom stereocenters. The molecule has 0 amide bonds. The highest BCUT2D eigenvalue weighted by molar-refractivity contribution is 6.31. The van der Waals surface area contributed by atoms with Gasteiger partial charge in [-0.25, -0.2) is 4.39 Å². The topological polar surface area (TPSA) is 36.4 Å². The van der Waals surface area contributed by atoms with Gasteiger partial charge >= 0.3 is 0 Å². The van der Waals surface area contributed by atoms with Crippen molar-refractivity contribution in [2.45, 2.75) is 13.1 Å². The van der Waals surface area contributed by atoms with Crippen molar-refractivity contribution in [2.75, 3.05) is 7.05 Å². The van der Waals surface area contributed by atoms with E-state index in [4.69, 9.17) is 11.6 Å². The minimum atomic E-state index is -0.242. The molecule has 5 heteroatoms. The molecule has 0 fully saturated rings. The van der Waals surface area contributed by atoms with Crippen LogP contribution in [0.2, 0.25) is 5.02 Å². The zero-order chi connectivity index (χ0) is 15.1. The van der Waals surface area contributed by atoms with Gasteiger partial charge in [-0.3, -0.25) is 4.99 Å². The predicted octanol–water partition coefficient (Wildman–Crippen LogP) is 3.34. The fourth-order valence-corrected chi connectivity index (χ4v) is 2.08. The number of hydrogen-bond acceptors (Lipinski definition) is 1. The number of halogens is 2. The Morgan fingerprint density at radius 2 is 1.86 bits per heavy atom. The predicted molar refractivity (Wildman–Crippen MR) is 84.9 cm³/mol. The van der Waals surface area contributed by atoms with Crippen LogP contribution in [0.1, 0.15) is 11.1 Å². The van der Waals surface area contributed by atoms with Crippen LogP contribution in [-0.2, 0) is 13.1 Å². The lowest BCUT2D eigenvalue weighted by Crippen LogP contribution is -2.36. The second-order valence-corrected chi connectivity index (χ2v) is 4.91. The second-order valence-electron chi connectivity index (χ2n) is 4.50. The summed E-state index contributed by atoms with van der Waals surface area (Å²) in [6, 6.07) is 14.1. The molecule has 2 N–H and O–H groups in total. The van der Waals surface area contributed by atoms with Crippen LogP contribution in [-0.4, -0.2) is 13.0 Å². The summed E-state index contributed by atoms with van der Waals surface area (Å²) in [4.78, 5) is 4.13. The lowest BCUT2D eigenvalue weighted by Gasteiger charge is -2.12. The summed E-state index contributed by atoms with van der Waals surface area (Å²) < 4.78 is 13.1. The standard InChI is InChI=1S/C16H17ClFN3/c1-19-16(20-10-12-5-4-7-14(18)9-12)21-11-13-6-2-3-8-15(13)17/h2-9H,10-11H2,1H3,(H2,19,20,21). The lowest BCUT2D eigenvalue weighted by molar-refractivity contribution is 0.624. The van der Waals surface area contributed by atoms with Crippen LogP contribution in [0.4, 0.5) is 4.39 Å². The van der Waals surface area contributed by atoms with Crippen LogP contribution >= 0.6 is 11.6 Å². The third-order valence-corrected chi connectivity index (χ3v) is 3.35. The Morgan fingerprint density at radius 3 is 2.57 bits per heavy atom. The molecule has 2 aromatic carbocycles. The molecule has 0 aliphatic carbocycles. The van der Waals surface area contributed by atoms with Crippen molar-refractivity contribution in [2.24, 2.45) is 4.99 Å². The highest BCUT2D eigenvalue weighted by atomic mass is 35.5. The van der Waals surface area contributed by atoms with E-state index in [1.807, 2.05) is 30.3 Å². The van der Waals surface area contributed by atoms with Gasteiger partial charge in [0.05, 0.1) is 0 Å². The fourth-order valence-electron chi connectivity index (χ4n) is 1.87. The molecule has 0 aliphatic rings. The molecule has 0 heterocycles. The minimum Gasteiger partial charge on any atom is -0.352 e. The molecule has 0 radical (unpaired) electrons. The van der Waals surface area contributed by atoms with Crippen LogP contribution in [0.5, 0.6) is 0 Å². The number of rotatable bonds is 4. The van der Waals surface area contributed by atoms with E-state index in [1.54, 1.807) is 13.1 Å². The maximum Gasteiger partial charge on any atom is 0.191 e. The zero-order valence-electron chi connectivity index (χ0n) is 11.7. The van der Waals surface area contributed by atoms with Crippen molar-refractivity contribution >= 4 is 17.6 Å². The van der Waals surface area contributed by atoms with Gasteiger partial charge in [-0.05, 0) is 29.3 Å². The molecule has 2 rings (SSSR count). The Labute approximate surface area is 128 Å². The second kappa shape index (κ2) is 7.64. The molecule has 0 aliphatic heterocycles. The summed E-state index contributed by atoms with van der Waals surface area (Å²) in [5.41, 5.74) is 1.85. The van der Waals surface area contributed by atoms with Crippen LogP contribution in [0.15, 0.2) is 53.5 Å². The van der Waals surface area contributed by atoms with E-state index in [9.17, 15) is 4.39 Å². The molecule has 0 aromatic heterocycles. The van der Waals surface area contributed by atoms with Crippen molar-refractivity contribution in [3.8, 4) is 0 Å². The van der Waals surface area contributed by atoms with E-state index in [-0.39, 0.29) is 5.82 Å². The molecule has 0 atom stereocenters. The third kappa shape index (κ3) is 4.76. The summed E-state index contributed by atoms with van der Waals surface area (Å²) in [6.45, 7) is 1.07. The number of nitrogens with one attached hydrogen (secondary N) is 2. The zero-order valence-corrected chi connectivity index (χ0v) is 12.5. The van der Waals surface area contributed by atoms with E-state index >= 15 is 0 Å². The summed E-state index contributed by atoms with van der Waals surface area (Å²) >= 11 is 6.10. The molecule has 3 nitrogen and oxygen atoms in total. The van der Waals surface area contributed by atoms with Gasteiger partial charge in [-0.1, -0.05) is 41.9 Å². The van der Waals surface area contributed by atoms with E-state index in [1.165, 1.54) is 12.1 Å². The first-order valence-electron chi connectivity index (χ1n) is 6.61. The SMILES string of the molecule is CN=C(NCc1cccc(F)c1)NCc1ccccc1Cl. The Hall–Kier alpha value is -2.07. The summed E-state index contributed by atoms with van der Waals surface area (Å²) in [5.74, 6) is 0.396. The lowest BCUT2D eigenvalue weighted by atomic mass is 10.2. The molecular formula is C16H17ClFN3. The number of guanidine groups is 1. The summed E-state index contributed by atoms with van der Waals surface area (Å²) in [5, 5.41) is 7.02. The van der Waals surface area contributed by atoms with Gasteiger partial charge in [0.15, 0.2) is 5.96 Å². The van der Waals surface area contributed by atoms with Crippen LogP contribution in [0.25, 0.3) is 0 Å². The molecule has 0 saturated carbocycles. The maximum absolute atomic E-state index is 13.1. The molecule has 0 bridgehead atoms. The Kier molecular flexibility index (Phi) is 5.58. The average Bonchev–Trinajstić information content (AvgIpc) is 2.49. The number of nitrogens with zero attached hydrogens (tertiary/aromatic N) is 1. The molecule has 0 saturated heterocycles. The first-order valence-corrected chi connectivity index (χ1v) is 6.99. The van der Waals surface area contributed by atoms with Crippen molar-refractivity contribution < 1.29 is 4.39 Å². The average molecular weight is 306 g/mol. The van der Waals surface area contributed by atoms with Crippen molar-refractivity contribution in [3.63, 3.8) is 0 Å².